The van der Waals surface area contributed by atoms with Crippen LogP contribution in [0, 0.1) is 0 Å². The number of aryl methyl sites for hydroxylation is 1. The fraction of sp³-hybridized carbons (Fsp3) is 0.429. The maximum atomic E-state index is 13.1. The van der Waals surface area contributed by atoms with Crippen LogP contribution in [-0.2, 0) is 30.8 Å². The Hall–Kier alpha value is -2.47. The second kappa shape index (κ2) is 9.18. The molecule has 9 nitrogen and oxygen atoms in total. The Labute approximate surface area is 190 Å². The third-order valence-electron chi connectivity index (χ3n) is 5.67. The van der Waals surface area contributed by atoms with Crippen LogP contribution in [0.15, 0.2) is 39.9 Å². The third kappa shape index (κ3) is 4.80. The molecule has 1 aromatic carbocycles. The number of thiophene rings is 1. The van der Waals surface area contributed by atoms with E-state index in [0.29, 0.717) is 50.4 Å². The van der Waals surface area contributed by atoms with E-state index in [-0.39, 0.29) is 10.8 Å². The third-order valence-corrected chi connectivity index (χ3v) is 8.85. The Morgan fingerprint density at radius 2 is 1.97 bits per heavy atom. The van der Waals surface area contributed by atoms with Crippen LogP contribution in [0.1, 0.15) is 24.8 Å². The highest BCUT2D eigenvalue weighted by atomic mass is 32.2. The van der Waals surface area contributed by atoms with Gasteiger partial charge in [0.25, 0.3) is 10.0 Å². The quantitative estimate of drug-likeness (QED) is 0.558. The number of nitrogens with zero attached hydrogens (tertiary/aromatic N) is 1. The summed E-state index contributed by atoms with van der Waals surface area (Å²) in [6.07, 6.45) is 2.19. The van der Waals surface area contributed by atoms with Crippen LogP contribution in [0.25, 0.3) is 0 Å². The summed E-state index contributed by atoms with van der Waals surface area (Å²) >= 11 is 1.15. The van der Waals surface area contributed by atoms with Gasteiger partial charge in [-0.1, -0.05) is 12.1 Å². The summed E-state index contributed by atoms with van der Waals surface area (Å²) in [4.78, 5) is 24.6. The first-order chi connectivity index (χ1) is 15.3. The monoisotopic (exact) mass is 479 g/mol. The first kappa shape index (κ1) is 22.7. The minimum absolute atomic E-state index is 0.0420. The van der Waals surface area contributed by atoms with E-state index in [9.17, 15) is 23.1 Å². The normalized spacial score (nSPS) is 18.0. The van der Waals surface area contributed by atoms with E-state index in [2.05, 4.69) is 10.6 Å². The summed E-state index contributed by atoms with van der Waals surface area (Å²) in [7, 11) is -3.70. The number of ether oxygens (including phenoxy) is 1. The fourth-order valence-electron chi connectivity index (χ4n) is 3.83. The zero-order valence-corrected chi connectivity index (χ0v) is 19.0. The predicted molar refractivity (Wildman–Crippen MR) is 120 cm³/mol. The molecule has 3 N–H and O–H groups in total. The van der Waals surface area contributed by atoms with Crippen molar-refractivity contribution < 1.29 is 27.9 Å². The van der Waals surface area contributed by atoms with Crippen molar-refractivity contribution >= 4 is 44.5 Å². The first-order valence-corrected chi connectivity index (χ1v) is 12.7. The van der Waals surface area contributed by atoms with E-state index < -0.39 is 27.4 Å². The van der Waals surface area contributed by atoms with Crippen molar-refractivity contribution in [3.63, 3.8) is 0 Å². The lowest BCUT2D eigenvalue weighted by atomic mass is 9.94. The van der Waals surface area contributed by atoms with Crippen molar-refractivity contribution in [3.8, 4) is 0 Å². The van der Waals surface area contributed by atoms with Gasteiger partial charge in [0.05, 0.1) is 11.3 Å². The van der Waals surface area contributed by atoms with E-state index in [1.807, 2.05) is 0 Å². The van der Waals surface area contributed by atoms with Crippen molar-refractivity contribution in [2.75, 3.05) is 35.9 Å². The molecular formula is C21H25N3O6S2. The molecule has 2 aliphatic rings. The van der Waals surface area contributed by atoms with Gasteiger partial charge in [-0.3, -0.25) is 13.9 Å². The van der Waals surface area contributed by atoms with E-state index >= 15 is 0 Å². The van der Waals surface area contributed by atoms with Crippen LogP contribution in [0.4, 0.5) is 11.4 Å². The van der Waals surface area contributed by atoms with Gasteiger partial charge in [-0.2, -0.15) is 0 Å². The van der Waals surface area contributed by atoms with Crippen LogP contribution in [-0.4, -0.2) is 57.2 Å². The molecule has 3 heterocycles. The lowest BCUT2D eigenvalue weighted by Crippen LogP contribution is -2.48. The van der Waals surface area contributed by atoms with Crippen molar-refractivity contribution in [1.29, 1.82) is 0 Å². The average molecular weight is 480 g/mol. The van der Waals surface area contributed by atoms with Gasteiger partial charge in [0.2, 0.25) is 0 Å². The number of benzene rings is 1. The smallest absolute Gasteiger partial charge is 0.313 e. The summed E-state index contributed by atoms with van der Waals surface area (Å²) in [5.74, 6) is -1.75. The maximum absolute atomic E-state index is 13.1. The van der Waals surface area contributed by atoms with E-state index in [0.717, 1.165) is 23.3 Å². The summed E-state index contributed by atoms with van der Waals surface area (Å²) in [5.41, 5.74) is 0.596. The molecular weight excluding hydrogens is 454 g/mol. The molecule has 1 saturated heterocycles. The van der Waals surface area contributed by atoms with Gasteiger partial charge in [0, 0.05) is 44.8 Å². The number of hydrogen-bond donors (Lipinski definition) is 3. The molecule has 172 valence electrons. The van der Waals surface area contributed by atoms with E-state index in [4.69, 9.17) is 4.74 Å². The largest absolute Gasteiger partial charge is 0.388 e. The number of aliphatic hydroxyl groups is 1. The molecule has 0 spiro atoms. The summed E-state index contributed by atoms with van der Waals surface area (Å²) in [6, 6.07) is 8.25. The molecule has 0 unspecified atom stereocenters. The molecule has 2 aliphatic heterocycles. The molecule has 1 aromatic heterocycles. The highest BCUT2D eigenvalue weighted by molar-refractivity contribution is 7.94. The zero-order valence-electron chi connectivity index (χ0n) is 17.4. The summed E-state index contributed by atoms with van der Waals surface area (Å²) in [6.45, 7) is 1.10. The topological polar surface area (TPSA) is 125 Å². The van der Waals surface area contributed by atoms with E-state index in [1.54, 1.807) is 35.7 Å². The van der Waals surface area contributed by atoms with Crippen molar-refractivity contribution in [3.05, 3.63) is 41.3 Å². The van der Waals surface area contributed by atoms with Crippen LogP contribution in [0.2, 0.25) is 0 Å². The summed E-state index contributed by atoms with van der Waals surface area (Å²) < 4.78 is 33.0. The van der Waals surface area contributed by atoms with Crippen molar-refractivity contribution in [2.24, 2.45) is 0 Å². The second-order valence-electron chi connectivity index (χ2n) is 7.93. The lowest BCUT2D eigenvalue weighted by Gasteiger charge is -2.32. The van der Waals surface area contributed by atoms with Gasteiger partial charge < -0.3 is 20.5 Å². The van der Waals surface area contributed by atoms with E-state index in [1.165, 1.54) is 4.31 Å². The van der Waals surface area contributed by atoms with Gasteiger partial charge in [0.15, 0.2) is 0 Å². The predicted octanol–water partition coefficient (Wildman–Crippen LogP) is 1.49. The molecule has 1 fully saturated rings. The number of fused-ring (bicyclic) bond motifs is 1. The van der Waals surface area contributed by atoms with Crippen LogP contribution < -0.4 is 14.9 Å². The van der Waals surface area contributed by atoms with Gasteiger partial charge in [-0.05, 0) is 42.0 Å². The molecule has 0 atom stereocenters. The fourth-order valence-corrected chi connectivity index (χ4v) is 6.47. The maximum Gasteiger partial charge on any atom is 0.313 e. The van der Waals surface area contributed by atoms with Crippen molar-refractivity contribution in [2.45, 2.75) is 35.5 Å². The number of hydrogen-bond acceptors (Lipinski definition) is 7. The lowest BCUT2D eigenvalue weighted by molar-refractivity contribution is -0.137. The molecule has 11 heteroatoms. The summed E-state index contributed by atoms with van der Waals surface area (Å²) in [5, 5.41) is 17.1. The molecule has 0 bridgehead atoms. The second-order valence-corrected chi connectivity index (χ2v) is 11.0. The van der Waals surface area contributed by atoms with Crippen LogP contribution in [0.3, 0.4) is 0 Å². The Kier molecular flexibility index (Phi) is 6.52. The molecule has 32 heavy (non-hydrogen) atoms. The highest BCUT2D eigenvalue weighted by Gasteiger charge is 2.32. The Bertz CT molecular complexity index is 1090. The number of nitrogens with one attached hydrogen (secondary N) is 2. The van der Waals surface area contributed by atoms with Gasteiger partial charge in [-0.25, -0.2) is 8.42 Å². The first-order valence-electron chi connectivity index (χ1n) is 10.4. The Balaban J connectivity index is 1.46. The standard InChI is InChI=1S/C21H25N3O6S2/c25-19(22-14-21(27)7-10-30-11-8-21)20(26)23-16-6-5-15-3-1-9-24(17(15)13-16)32(28,29)18-4-2-12-31-18/h2,4-6,12-13,27H,1,3,7-11,14H2,(H,22,25)(H,23,26). The van der Waals surface area contributed by atoms with Gasteiger partial charge >= 0.3 is 11.8 Å². The Morgan fingerprint density at radius 1 is 1.19 bits per heavy atom. The number of amides is 2. The number of anilines is 2. The Morgan fingerprint density at radius 3 is 2.69 bits per heavy atom. The molecule has 2 aromatic rings. The number of sulfonamides is 1. The SMILES string of the molecule is O=C(NCC1(O)CCOCC1)C(=O)Nc1ccc2c(c1)N(S(=O)(=O)c1cccs1)CCC2. The molecule has 0 radical (unpaired) electrons. The van der Waals surface area contributed by atoms with Crippen LogP contribution >= 0.6 is 11.3 Å². The number of carbonyl (C=O) groups is 2. The number of rotatable bonds is 5. The van der Waals surface area contributed by atoms with Crippen LogP contribution in [0.5, 0.6) is 0 Å². The average Bonchev–Trinajstić information content (AvgIpc) is 3.33. The van der Waals surface area contributed by atoms with Gasteiger partial charge in [-0.15, -0.1) is 11.3 Å². The minimum Gasteiger partial charge on any atom is -0.388 e. The highest BCUT2D eigenvalue weighted by Crippen LogP contribution is 2.35. The molecule has 0 aliphatic carbocycles. The zero-order chi connectivity index (χ0) is 22.8. The molecule has 2 amide bonds. The molecule has 4 rings (SSSR count). The minimum atomic E-state index is -3.70. The molecule has 0 saturated carbocycles. The number of carbonyl (C=O) groups excluding carboxylic acids is 2. The van der Waals surface area contributed by atoms with Gasteiger partial charge in [0.1, 0.15) is 4.21 Å². The van der Waals surface area contributed by atoms with Crippen molar-refractivity contribution in [1.82, 2.24) is 5.32 Å².